The second kappa shape index (κ2) is 5.56. The SMILES string of the molecule is CCC1OCCC1CNC(=O)c1ccc(Cl)o1. The van der Waals surface area contributed by atoms with Crippen molar-refractivity contribution >= 4 is 17.5 Å². The van der Waals surface area contributed by atoms with Crippen LogP contribution in [0.15, 0.2) is 16.5 Å². The summed E-state index contributed by atoms with van der Waals surface area (Å²) >= 11 is 5.61. The van der Waals surface area contributed by atoms with E-state index in [2.05, 4.69) is 12.2 Å². The van der Waals surface area contributed by atoms with Gasteiger partial charge in [0.25, 0.3) is 5.91 Å². The molecule has 1 amide bonds. The monoisotopic (exact) mass is 257 g/mol. The second-order valence-electron chi connectivity index (χ2n) is 4.18. The molecule has 1 saturated heterocycles. The van der Waals surface area contributed by atoms with Crippen LogP contribution in [-0.4, -0.2) is 25.2 Å². The molecular weight excluding hydrogens is 242 g/mol. The number of carbonyl (C=O) groups excluding carboxylic acids is 1. The second-order valence-corrected chi connectivity index (χ2v) is 4.55. The van der Waals surface area contributed by atoms with Gasteiger partial charge in [0.1, 0.15) is 0 Å². The zero-order valence-corrected chi connectivity index (χ0v) is 10.5. The lowest BCUT2D eigenvalue weighted by atomic mass is 10.00. The highest BCUT2D eigenvalue weighted by Crippen LogP contribution is 2.22. The molecule has 5 heteroatoms. The largest absolute Gasteiger partial charge is 0.440 e. The summed E-state index contributed by atoms with van der Waals surface area (Å²) in [4.78, 5) is 11.7. The van der Waals surface area contributed by atoms with Gasteiger partial charge in [-0.15, -0.1) is 0 Å². The number of ether oxygens (including phenoxy) is 1. The highest BCUT2D eigenvalue weighted by Gasteiger charge is 2.27. The minimum atomic E-state index is -0.223. The van der Waals surface area contributed by atoms with E-state index in [1.54, 1.807) is 12.1 Å². The predicted octanol–water partition coefficient (Wildman–Crippen LogP) is 2.48. The molecule has 0 aromatic carbocycles. The quantitative estimate of drug-likeness (QED) is 0.902. The third kappa shape index (κ3) is 3.01. The van der Waals surface area contributed by atoms with Gasteiger partial charge in [-0.3, -0.25) is 4.79 Å². The Balaban J connectivity index is 1.84. The number of amides is 1. The van der Waals surface area contributed by atoms with E-state index in [4.69, 9.17) is 20.8 Å². The normalized spacial score (nSPS) is 23.9. The van der Waals surface area contributed by atoms with Crippen molar-refractivity contribution in [2.45, 2.75) is 25.9 Å². The van der Waals surface area contributed by atoms with Crippen molar-refractivity contribution in [2.24, 2.45) is 5.92 Å². The third-order valence-electron chi connectivity index (χ3n) is 3.07. The molecule has 2 unspecified atom stereocenters. The first-order valence-corrected chi connectivity index (χ1v) is 6.23. The Morgan fingerprint density at radius 1 is 1.59 bits per heavy atom. The summed E-state index contributed by atoms with van der Waals surface area (Å²) in [6.45, 7) is 3.50. The summed E-state index contributed by atoms with van der Waals surface area (Å²) < 4.78 is 10.6. The zero-order valence-electron chi connectivity index (χ0n) is 9.74. The number of carbonyl (C=O) groups is 1. The lowest BCUT2D eigenvalue weighted by Gasteiger charge is -2.16. The van der Waals surface area contributed by atoms with Crippen LogP contribution >= 0.6 is 11.6 Å². The maximum atomic E-state index is 11.7. The van der Waals surface area contributed by atoms with E-state index in [0.29, 0.717) is 12.5 Å². The van der Waals surface area contributed by atoms with Gasteiger partial charge in [-0.25, -0.2) is 0 Å². The maximum Gasteiger partial charge on any atom is 0.287 e. The van der Waals surface area contributed by atoms with Gasteiger partial charge in [-0.1, -0.05) is 6.92 Å². The summed E-state index contributed by atoms with van der Waals surface area (Å²) in [5.41, 5.74) is 0. The molecule has 1 aliphatic heterocycles. The molecule has 2 heterocycles. The first-order valence-electron chi connectivity index (χ1n) is 5.86. The molecule has 0 radical (unpaired) electrons. The maximum absolute atomic E-state index is 11.7. The minimum Gasteiger partial charge on any atom is -0.440 e. The van der Waals surface area contributed by atoms with Crippen LogP contribution in [0.3, 0.4) is 0 Å². The summed E-state index contributed by atoms with van der Waals surface area (Å²) in [5.74, 6) is 0.426. The molecule has 0 saturated carbocycles. The van der Waals surface area contributed by atoms with E-state index in [0.717, 1.165) is 19.4 Å². The van der Waals surface area contributed by atoms with Gasteiger partial charge in [0.15, 0.2) is 11.0 Å². The average Bonchev–Trinajstić information content (AvgIpc) is 2.94. The number of hydrogen-bond donors (Lipinski definition) is 1. The lowest BCUT2D eigenvalue weighted by Crippen LogP contribution is -2.32. The smallest absolute Gasteiger partial charge is 0.287 e. The average molecular weight is 258 g/mol. The zero-order chi connectivity index (χ0) is 12.3. The summed E-state index contributed by atoms with van der Waals surface area (Å²) in [5, 5.41) is 3.07. The van der Waals surface area contributed by atoms with Gasteiger partial charge in [0, 0.05) is 19.1 Å². The Morgan fingerprint density at radius 3 is 3.06 bits per heavy atom. The molecule has 1 aliphatic rings. The van der Waals surface area contributed by atoms with Gasteiger partial charge >= 0.3 is 0 Å². The Kier molecular flexibility index (Phi) is 4.07. The van der Waals surface area contributed by atoms with Crippen LogP contribution in [0.4, 0.5) is 0 Å². The fourth-order valence-corrected chi connectivity index (χ4v) is 2.27. The highest BCUT2D eigenvalue weighted by molar-refractivity contribution is 6.29. The molecule has 4 nitrogen and oxygen atoms in total. The van der Waals surface area contributed by atoms with Gasteiger partial charge in [-0.05, 0) is 36.6 Å². The molecule has 1 fully saturated rings. The topological polar surface area (TPSA) is 51.5 Å². The van der Waals surface area contributed by atoms with Crippen molar-refractivity contribution in [3.63, 3.8) is 0 Å². The number of nitrogens with one attached hydrogen (secondary N) is 1. The van der Waals surface area contributed by atoms with E-state index in [-0.39, 0.29) is 23.0 Å². The van der Waals surface area contributed by atoms with Gasteiger partial charge in [-0.2, -0.15) is 0 Å². The first-order chi connectivity index (χ1) is 8.20. The van der Waals surface area contributed by atoms with Crippen LogP contribution in [-0.2, 0) is 4.74 Å². The van der Waals surface area contributed by atoms with E-state index in [1.807, 2.05) is 0 Å². The Bertz CT molecular complexity index is 391. The molecule has 0 spiro atoms. The van der Waals surface area contributed by atoms with E-state index >= 15 is 0 Å². The minimum absolute atomic E-state index is 0.223. The van der Waals surface area contributed by atoms with Crippen molar-refractivity contribution in [3.8, 4) is 0 Å². The fourth-order valence-electron chi connectivity index (χ4n) is 2.12. The number of furan rings is 1. The molecule has 0 bridgehead atoms. The summed E-state index contributed by atoms with van der Waals surface area (Å²) in [6, 6.07) is 3.13. The predicted molar refractivity (Wildman–Crippen MR) is 64.2 cm³/mol. The Morgan fingerprint density at radius 2 is 2.41 bits per heavy atom. The highest BCUT2D eigenvalue weighted by atomic mass is 35.5. The Hall–Kier alpha value is -1.00. The molecule has 1 N–H and O–H groups in total. The van der Waals surface area contributed by atoms with Gasteiger partial charge in [0.2, 0.25) is 0 Å². The summed E-state index contributed by atoms with van der Waals surface area (Å²) in [7, 11) is 0. The number of halogens is 1. The molecule has 1 aromatic heterocycles. The standard InChI is InChI=1S/C12H16ClNO3/c1-2-9-8(5-6-16-9)7-14-12(15)10-3-4-11(13)17-10/h3-4,8-9H,2,5-7H2,1H3,(H,14,15). The molecule has 2 atom stereocenters. The van der Waals surface area contributed by atoms with Crippen molar-refractivity contribution in [3.05, 3.63) is 23.1 Å². The first kappa shape index (κ1) is 12.5. The van der Waals surface area contributed by atoms with Crippen molar-refractivity contribution < 1.29 is 13.9 Å². The number of rotatable bonds is 4. The van der Waals surface area contributed by atoms with Gasteiger partial charge < -0.3 is 14.5 Å². The van der Waals surface area contributed by atoms with E-state index in [1.165, 1.54) is 0 Å². The van der Waals surface area contributed by atoms with Crippen molar-refractivity contribution in [1.29, 1.82) is 0 Å². The van der Waals surface area contributed by atoms with E-state index < -0.39 is 0 Å². The number of hydrogen-bond acceptors (Lipinski definition) is 3. The summed E-state index contributed by atoms with van der Waals surface area (Å²) in [6.07, 6.45) is 2.24. The Labute approximate surface area is 105 Å². The van der Waals surface area contributed by atoms with Gasteiger partial charge in [0.05, 0.1) is 6.10 Å². The van der Waals surface area contributed by atoms with Crippen molar-refractivity contribution in [1.82, 2.24) is 5.32 Å². The van der Waals surface area contributed by atoms with Crippen LogP contribution in [0, 0.1) is 5.92 Å². The van der Waals surface area contributed by atoms with Crippen LogP contribution < -0.4 is 5.32 Å². The molecule has 94 valence electrons. The van der Waals surface area contributed by atoms with Crippen molar-refractivity contribution in [2.75, 3.05) is 13.2 Å². The lowest BCUT2D eigenvalue weighted by molar-refractivity contribution is 0.0815. The molecular formula is C12H16ClNO3. The van der Waals surface area contributed by atoms with E-state index in [9.17, 15) is 4.79 Å². The fraction of sp³-hybridized carbons (Fsp3) is 0.583. The molecule has 1 aromatic rings. The van der Waals surface area contributed by atoms with Crippen LogP contribution in [0.1, 0.15) is 30.3 Å². The van der Waals surface area contributed by atoms with Crippen LogP contribution in [0.2, 0.25) is 5.22 Å². The third-order valence-corrected chi connectivity index (χ3v) is 3.27. The molecule has 0 aliphatic carbocycles. The van der Waals surface area contributed by atoms with Crippen LogP contribution in [0.5, 0.6) is 0 Å². The molecule has 2 rings (SSSR count). The van der Waals surface area contributed by atoms with Crippen LogP contribution in [0.25, 0.3) is 0 Å². The molecule has 17 heavy (non-hydrogen) atoms.